The molecule has 1 amide bonds. The highest BCUT2D eigenvalue weighted by Gasteiger charge is 2.39. The van der Waals surface area contributed by atoms with Crippen molar-refractivity contribution in [2.75, 3.05) is 18.6 Å². The molecule has 3 aromatic rings. The summed E-state index contributed by atoms with van der Waals surface area (Å²) in [6.45, 7) is -0.0713. The summed E-state index contributed by atoms with van der Waals surface area (Å²) < 4.78 is 20.2. The number of anilines is 1. The molecule has 8 heteroatoms. The van der Waals surface area contributed by atoms with Gasteiger partial charge in [0, 0.05) is 12.1 Å². The molecule has 4 rings (SSSR count). The second kappa shape index (κ2) is 7.69. The lowest BCUT2D eigenvalue weighted by Gasteiger charge is -2.39. The monoisotopic (exact) mass is 400 g/mol. The molecule has 0 radical (unpaired) electrons. The first-order valence-corrected chi connectivity index (χ1v) is 9.17. The number of hydrogen-bond acceptors (Lipinski definition) is 4. The Balaban J connectivity index is 1.81. The van der Waals surface area contributed by atoms with Gasteiger partial charge in [0.15, 0.2) is 0 Å². The first-order chi connectivity index (χ1) is 13.6. The Morgan fingerprint density at radius 1 is 1.14 bits per heavy atom. The van der Waals surface area contributed by atoms with Gasteiger partial charge in [-0.25, -0.2) is 9.07 Å². The number of ether oxygens (including phenoxy) is 1. The maximum atomic E-state index is 13.4. The van der Waals surface area contributed by atoms with E-state index in [4.69, 9.17) is 16.3 Å². The van der Waals surface area contributed by atoms with Gasteiger partial charge in [-0.3, -0.25) is 9.69 Å². The average Bonchev–Trinajstić information content (AvgIpc) is 3.18. The molecular weight excluding hydrogens is 383 g/mol. The third kappa shape index (κ3) is 3.39. The highest BCUT2D eigenvalue weighted by Crippen LogP contribution is 2.41. The van der Waals surface area contributed by atoms with E-state index in [1.807, 2.05) is 12.1 Å². The average molecular weight is 401 g/mol. The van der Waals surface area contributed by atoms with Crippen LogP contribution in [0.15, 0.2) is 54.9 Å². The van der Waals surface area contributed by atoms with Crippen molar-refractivity contribution in [3.63, 3.8) is 0 Å². The van der Waals surface area contributed by atoms with Crippen molar-refractivity contribution in [1.29, 1.82) is 0 Å². The van der Waals surface area contributed by atoms with Gasteiger partial charge in [-0.05, 0) is 41.8 Å². The van der Waals surface area contributed by atoms with Crippen LogP contribution in [0.25, 0.3) is 0 Å². The van der Waals surface area contributed by atoms with Gasteiger partial charge in [0.25, 0.3) is 5.91 Å². The lowest BCUT2D eigenvalue weighted by Crippen LogP contribution is -2.44. The van der Waals surface area contributed by atoms with Gasteiger partial charge in [0.2, 0.25) is 5.95 Å². The Hall–Kier alpha value is -2.77. The topological polar surface area (TPSA) is 60.2 Å². The van der Waals surface area contributed by atoms with Crippen molar-refractivity contribution in [3.05, 3.63) is 76.8 Å². The van der Waals surface area contributed by atoms with Crippen LogP contribution in [-0.4, -0.2) is 34.4 Å². The van der Waals surface area contributed by atoms with E-state index in [1.165, 1.54) is 25.6 Å². The minimum Gasteiger partial charge on any atom is -0.375 e. The van der Waals surface area contributed by atoms with Crippen molar-refractivity contribution in [2.24, 2.45) is 0 Å². The first-order valence-electron chi connectivity index (χ1n) is 8.80. The van der Waals surface area contributed by atoms with E-state index in [0.29, 0.717) is 17.4 Å². The maximum Gasteiger partial charge on any atom is 0.255 e. The van der Waals surface area contributed by atoms with Crippen LogP contribution in [0.5, 0.6) is 0 Å². The minimum absolute atomic E-state index is 0.0713. The van der Waals surface area contributed by atoms with Crippen molar-refractivity contribution >= 4 is 23.5 Å². The van der Waals surface area contributed by atoms with Gasteiger partial charge in [-0.15, -0.1) is 0 Å². The summed E-state index contributed by atoms with van der Waals surface area (Å²) in [5.41, 5.74) is 1.82. The molecule has 0 aliphatic carbocycles. The van der Waals surface area contributed by atoms with Crippen LogP contribution in [0.1, 0.15) is 29.6 Å². The van der Waals surface area contributed by atoms with E-state index < -0.39 is 0 Å². The third-order valence-electron chi connectivity index (χ3n) is 4.87. The lowest BCUT2D eigenvalue weighted by atomic mass is 9.92. The number of nitrogens with zero attached hydrogens (tertiary/aromatic N) is 4. The predicted molar refractivity (Wildman–Crippen MR) is 103 cm³/mol. The predicted octanol–water partition coefficient (Wildman–Crippen LogP) is 3.78. The molecule has 6 nitrogen and oxygen atoms in total. The standard InChI is InChI=1S/C20H18ClFN4O2/c1-28-11-19(27)25-17(13-2-6-15(21)7-3-13)10-18(26-20(25)23-12-24-26)14-4-8-16(22)9-5-14/h2-9,12,17-18H,10-11H2,1H3/t17-,18+/m0/s1. The Bertz CT molecular complexity index is 975. The number of aromatic nitrogens is 3. The Morgan fingerprint density at radius 2 is 1.79 bits per heavy atom. The van der Waals surface area contributed by atoms with Crippen LogP contribution in [-0.2, 0) is 9.53 Å². The molecule has 2 aromatic carbocycles. The molecule has 0 fully saturated rings. The van der Waals surface area contributed by atoms with E-state index in [-0.39, 0.29) is 30.4 Å². The summed E-state index contributed by atoms with van der Waals surface area (Å²) in [6, 6.07) is 13.2. The summed E-state index contributed by atoms with van der Waals surface area (Å²) in [5, 5.41) is 4.95. The summed E-state index contributed by atoms with van der Waals surface area (Å²) in [4.78, 5) is 18.8. The zero-order valence-electron chi connectivity index (χ0n) is 15.1. The summed E-state index contributed by atoms with van der Waals surface area (Å²) in [5.74, 6) is -0.0821. The van der Waals surface area contributed by atoms with Crippen LogP contribution in [0.4, 0.5) is 10.3 Å². The highest BCUT2D eigenvalue weighted by molar-refractivity contribution is 6.30. The molecular formula is C20H18ClFN4O2. The number of amides is 1. The van der Waals surface area contributed by atoms with Gasteiger partial charge in [0.1, 0.15) is 18.8 Å². The molecule has 2 atom stereocenters. The summed E-state index contributed by atoms with van der Waals surface area (Å²) in [6.07, 6.45) is 1.97. The van der Waals surface area contributed by atoms with E-state index in [9.17, 15) is 9.18 Å². The number of fused-ring (bicyclic) bond motifs is 1. The largest absolute Gasteiger partial charge is 0.375 e. The van der Waals surface area contributed by atoms with Gasteiger partial charge < -0.3 is 4.74 Å². The van der Waals surface area contributed by atoms with E-state index in [2.05, 4.69) is 10.1 Å². The van der Waals surface area contributed by atoms with Crippen LogP contribution >= 0.6 is 11.6 Å². The maximum absolute atomic E-state index is 13.4. The zero-order chi connectivity index (χ0) is 19.7. The van der Waals surface area contributed by atoms with Crippen LogP contribution in [0, 0.1) is 5.82 Å². The van der Waals surface area contributed by atoms with Gasteiger partial charge in [-0.1, -0.05) is 35.9 Å². The quantitative estimate of drug-likeness (QED) is 0.668. The first kappa shape index (κ1) is 18.6. The summed E-state index contributed by atoms with van der Waals surface area (Å²) >= 11 is 6.04. The van der Waals surface area contributed by atoms with E-state index in [0.717, 1.165) is 11.1 Å². The molecule has 28 heavy (non-hydrogen) atoms. The molecule has 1 aliphatic heterocycles. The number of benzene rings is 2. The molecule has 144 valence electrons. The molecule has 2 heterocycles. The number of carbonyl (C=O) groups excluding carboxylic acids is 1. The number of methoxy groups -OCH3 is 1. The fourth-order valence-corrected chi connectivity index (χ4v) is 3.73. The summed E-state index contributed by atoms with van der Waals surface area (Å²) in [7, 11) is 1.48. The Labute approximate surface area is 166 Å². The molecule has 0 unspecified atom stereocenters. The number of carbonyl (C=O) groups is 1. The van der Waals surface area contributed by atoms with Crippen molar-refractivity contribution in [2.45, 2.75) is 18.5 Å². The van der Waals surface area contributed by atoms with Gasteiger partial charge >= 0.3 is 0 Å². The second-order valence-electron chi connectivity index (χ2n) is 6.57. The number of halogens is 2. The van der Waals surface area contributed by atoms with Crippen LogP contribution < -0.4 is 4.90 Å². The van der Waals surface area contributed by atoms with Crippen molar-refractivity contribution < 1.29 is 13.9 Å². The SMILES string of the molecule is COCC(=O)N1c2ncnn2[C@@H](c2ccc(F)cc2)C[C@H]1c1ccc(Cl)cc1. The fraction of sp³-hybridized carbons (Fsp3) is 0.250. The normalized spacial score (nSPS) is 18.8. The highest BCUT2D eigenvalue weighted by atomic mass is 35.5. The molecule has 0 bridgehead atoms. The molecule has 1 aromatic heterocycles. The van der Waals surface area contributed by atoms with E-state index >= 15 is 0 Å². The molecule has 1 aliphatic rings. The van der Waals surface area contributed by atoms with Crippen LogP contribution in [0.2, 0.25) is 5.02 Å². The van der Waals surface area contributed by atoms with Gasteiger partial charge in [0.05, 0.1) is 12.1 Å². The molecule has 0 saturated heterocycles. The number of hydrogen-bond donors (Lipinski definition) is 0. The molecule has 0 spiro atoms. The minimum atomic E-state index is -0.301. The van der Waals surface area contributed by atoms with E-state index in [1.54, 1.807) is 33.8 Å². The number of rotatable bonds is 4. The Morgan fingerprint density at radius 3 is 2.46 bits per heavy atom. The smallest absolute Gasteiger partial charge is 0.255 e. The van der Waals surface area contributed by atoms with Crippen molar-refractivity contribution in [1.82, 2.24) is 14.8 Å². The molecule has 0 saturated carbocycles. The van der Waals surface area contributed by atoms with Gasteiger partial charge in [-0.2, -0.15) is 10.1 Å². The molecule has 0 N–H and O–H groups in total. The Kier molecular flexibility index (Phi) is 5.11. The fourth-order valence-electron chi connectivity index (χ4n) is 3.60. The zero-order valence-corrected chi connectivity index (χ0v) is 15.9. The van der Waals surface area contributed by atoms with Crippen molar-refractivity contribution in [3.8, 4) is 0 Å². The third-order valence-corrected chi connectivity index (χ3v) is 5.12. The van der Waals surface area contributed by atoms with Crippen LogP contribution in [0.3, 0.4) is 0 Å². The lowest BCUT2D eigenvalue weighted by molar-refractivity contribution is -0.123. The second-order valence-corrected chi connectivity index (χ2v) is 7.01.